The Morgan fingerprint density at radius 2 is 2.08 bits per heavy atom. The quantitative estimate of drug-likeness (QED) is 0.531. The van der Waals surface area contributed by atoms with Crippen molar-refractivity contribution in [3.8, 4) is 11.5 Å². The lowest BCUT2D eigenvalue weighted by Gasteiger charge is -2.26. The van der Waals surface area contributed by atoms with Gasteiger partial charge in [-0.05, 0) is 45.7 Å². The van der Waals surface area contributed by atoms with Gasteiger partial charge in [-0.2, -0.15) is 0 Å². The SMILES string of the molecule is CCOc1cc(NC(=NC)NCCN(C(C)C)C2CC2)ccc1OC. The molecule has 0 amide bonds. The van der Waals surface area contributed by atoms with E-state index in [1.165, 1.54) is 12.8 Å². The Hall–Kier alpha value is -1.95. The number of hydrogen-bond donors (Lipinski definition) is 2. The van der Waals surface area contributed by atoms with Gasteiger partial charge in [0.2, 0.25) is 0 Å². The van der Waals surface area contributed by atoms with Crippen LogP contribution in [0.1, 0.15) is 33.6 Å². The van der Waals surface area contributed by atoms with E-state index in [0.29, 0.717) is 12.6 Å². The van der Waals surface area contributed by atoms with Crippen molar-refractivity contribution in [2.75, 3.05) is 39.2 Å². The van der Waals surface area contributed by atoms with E-state index in [1.54, 1.807) is 14.2 Å². The highest BCUT2D eigenvalue weighted by Crippen LogP contribution is 2.30. The molecule has 6 nitrogen and oxygen atoms in total. The molecule has 0 aliphatic heterocycles. The summed E-state index contributed by atoms with van der Waals surface area (Å²) in [5.41, 5.74) is 0.917. The van der Waals surface area contributed by atoms with Crippen LogP contribution >= 0.6 is 0 Å². The molecule has 2 rings (SSSR count). The van der Waals surface area contributed by atoms with Gasteiger partial charge in [0, 0.05) is 44.0 Å². The van der Waals surface area contributed by atoms with Gasteiger partial charge in [-0.15, -0.1) is 0 Å². The van der Waals surface area contributed by atoms with Gasteiger partial charge in [0.15, 0.2) is 17.5 Å². The van der Waals surface area contributed by atoms with Gasteiger partial charge in [0.1, 0.15) is 0 Å². The van der Waals surface area contributed by atoms with E-state index in [1.807, 2.05) is 25.1 Å². The van der Waals surface area contributed by atoms with Crippen LogP contribution in [0, 0.1) is 0 Å². The van der Waals surface area contributed by atoms with Crippen molar-refractivity contribution < 1.29 is 9.47 Å². The third-order valence-corrected chi connectivity index (χ3v) is 4.29. The molecule has 0 spiro atoms. The minimum atomic E-state index is 0.583. The van der Waals surface area contributed by atoms with Crippen LogP contribution in [-0.4, -0.2) is 56.8 Å². The first-order chi connectivity index (χ1) is 12.1. The zero-order chi connectivity index (χ0) is 18.2. The van der Waals surface area contributed by atoms with E-state index in [9.17, 15) is 0 Å². The summed E-state index contributed by atoms with van der Waals surface area (Å²) < 4.78 is 10.9. The molecule has 1 fully saturated rings. The van der Waals surface area contributed by atoms with Gasteiger partial charge in [-0.3, -0.25) is 9.89 Å². The number of hydrogen-bond acceptors (Lipinski definition) is 4. The summed E-state index contributed by atoms with van der Waals surface area (Å²) in [4.78, 5) is 6.86. The molecule has 0 bridgehead atoms. The summed E-state index contributed by atoms with van der Waals surface area (Å²) in [6, 6.07) is 7.14. The first-order valence-corrected chi connectivity index (χ1v) is 9.13. The molecular weight excluding hydrogens is 316 g/mol. The number of methoxy groups -OCH3 is 1. The Bertz CT molecular complexity index is 569. The fourth-order valence-corrected chi connectivity index (χ4v) is 2.91. The number of anilines is 1. The first kappa shape index (κ1) is 19.4. The molecule has 1 aromatic rings. The van der Waals surface area contributed by atoms with Crippen molar-refractivity contribution >= 4 is 11.6 Å². The fraction of sp³-hybridized carbons (Fsp3) is 0.632. The van der Waals surface area contributed by atoms with Crippen molar-refractivity contribution in [1.29, 1.82) is 0 Å². The van der Waals surface area contributed by atoms with E-state index in [0.717, 1.165) is 42.3 Å². The van der Waals surface area contributed by atoms with E-state index in [2.05, 4.69) is 34.4 Å². The predicted molar refractivity (Wildman–Crippen MR) is 104 cm³/mol. The Balaban J connectivity index is 1.90. The van der Waals surface area contributed by atoms with Gasteiger partial charge >= 0.3 is 0 Å². The summed E-state index contributed by atoms with van der Waals surface area (Å²) >= 11 is 0. The van der Waals surface area contributed by atoms with Gasteiger partial charge in [0.05, 0.1) is 13.7 Å². The number of guanidine groups is 1. The molecule has 140 valence electrons. The molecule has 0 aromatic heterocycles. The van der Waals surface area contributed by atoms with Crippen LogP contribution in [0.4, 0.5) is 5.69 Å². The predicted octanol–water partition coefficient (Wildman–Crippen LogP) is 2.95. The summed E-state index contributed by atoms with van der Waals surface area (Å²) in [7, 11) is 3.43. The van der Waals surface area contributed by atoms with Gasteiger partial charge in [-0.1, -0.05) is 0 Å². The van der Waals surface area contributed by atoms with Gasteiger partial charge in [-0.25, -0.2) is 0 Å². The molecule has 1 saturated carbocycles. The number of rotatable bonds is 9. The van der Waals surface area contributed by atoms with Crippen LogP contribution in [-0.2, 0) is 0 Å². The molecular formula is C19H32N4O2. The molecule has 0 atom stereocenters. The highest BCUT2D eigenvalue weighted by atomic mass is 16.5. The van der Waals surface area contributed by atoms with E-state index < -0.39 is 0 Å². The Morgan fingerprint density at radius 3 is 2.64 bits per heavy atom. The third kappa shape index (κ3) is 5.81. The van der Waals surface area contributed by atoms with Crippen LogP contribution in [0.5, 0.6) is 11.5 Å². The first-order valence-electron chi connectivity index (χ1n) is 9.13. The summed E-state index contributed by atoms with van der Waals surface area (Å²) in [6.07, 6.45) is 2.66. The van der Waals surface area contributed by atoms with Crippen LogP contribution in [0.2, 0.25) is 0 Å². The molecule has 1 aromatic carbocycles. The number of benzene rings is 1. The Labute approximate surface area is 151 Å². The average molecular weight is 348 g/mol. The standard InChI is InChI=1S/C19H32N4O2/c1-6-25-18-13-15(7-10-17(18)24-5)22-19(20-4)21-11-12-23(14(2)3)16-8-9-16/h7,10,13-14,16H,6,8-9,11-12H2,1-5H3,(H2,20,21,22). The molecule has 0 saturated heterocycles. The van der Waals surface area contributed by atoms with Crippen molar-refractivity contribution in [2.24, 2.45) is 4.99 Å². The minimum Gasteiger partial charge on any atom is -0.493 e. The smallest absolute Gasteiger partial charge is 0.195 e. The Kier molecular flexibility index (Phi) is 7.37. The third-order valence-electron chi connectivity index (χ3n) is 4.29. The summed E-state index contributed by atoms with van der Waals surface area (Å²) in [5, 5.41) is 6.70. The number of ether oxygens (including phenoxy) is 2. The largest absolute Gasteiger partial charge is 0.493 e. The molecule has 1 aliphatic carbocycles. The van der Waals surface area contributed by atoms with E-state index in [4.69, 9.17) is 9.47 Å². The topological polar surface area (TPSA) is 58.1 Å². The molecule has 0 unspecified atom stereocenters. The highest BCUT2D eigenvalue weighted by molar-refractivity contribution is 5.93. The van der Waals surface area contributed by atoms with Crippen LogP contribution < -0.4 is 20.1 Å². The molecule has 0 heterocycles. The monoisotopic (exact) mass is 348 g/mol. The summed E-state index contributed by atoms with van der Waals surface area (Å²) in [6.45, 7) is 8.97. The van der Waals surface area contributed by atoms with E-state index in [-0.39, 0.29) is 0 Å². The van der Waals surface area contributed by atoms with Crippen LogP contribution in [0.15, 0.2) is 23.2 Å². The highest BCUT2D eigenvalue weighted by Gasteiger charge is 2.30. The van der Waals surface area contributed by atoms with E-state index >= 15 is 0 Å². The van der Waals surface area contributed by atoms with Crippen molar-refractivity contribution in [2.45, 2.75) is 45.7 Å². The molecule has 25 heavy (non-hydrogen) atoms. The van der Waals surface area contributed by atoms with Crippen LogP contribution in [0.25, 0.3) is 0 Å². The second kappa shape index (κ2) is 9.51. The fourth-order valence-electron chi connectivity index (χ4n) is 2.91. The number of nitrogens with one attached hydrogen (secondary N) is 2. The average Bonchev–Trinajstić information content (AvgIpc) is 3.42. The van der Waals surface area contributed by atoms with Crippen LogP contribution in [0.3, 0.4) is 0 Å². The second-order valence-corrected chi connectivity index (χ2v) is 6.49. The maximum absolute atomic E-state index is 5.62. The van der Waals surface area contributed by atoms with Crippen molar-refractivity contribution in [3.05, 3.63) is 18.2 Å². The maximum Gasteiger partial charge on any atom is 0.195 e. The van der Waals surface area contributed by atoms with Crippen molar-refractivity contribution in [1.82, 2.24) is 10.2 Å². The molecule has 2 N–H and O–H groups in total. The number of aliphatic imine (C=N–C) groups is 1. The Morgan fingerprint density at radius 1 is 1.32 bits per heavy atom. The number of nitrogens with zero attached hydrogens (tertiary/aromatic N) is 2. The van der Waals surface area contributed by atoms with Crippen molar-refractivity contribution in [3.63, 3.8) is 0 Å². The molecule has 6 heteroatoms. The summed E-state index contributed by atoms with van der Waals surface area (Å²) in [5.74, 6) is 2.21. The minimum absolute atomic E-state index is 0.583. The zero-order valence-electron chi connectivity index (χ0n) is 16.1. The molecule has 0 radical (unpaired) electrons. The molecule has 1 aliphatic rings. The normalized spacial score (nSPS) is 14.8. The lowest BCUT2D eigenvalue weighted by Crippen LogP contribution is -2.41. The van der Waals surface area contributed by atoms with Gasteiger partial charge in [0.25, 0.3) is 0 Å². The zero-order valence-corrected chi connectivity index (χ0v) is 16.1. The van der Waals surface area contributed by atoms with Gasteiger partial charge < -0.3 is 20.1 Å². The second-order valence-electron chi connectivity index (χ2n) is 6.49. The lowest BCUT2D eigenvalue weighted by atomic mass is 10.2. The maximum atomic E-state index is 5.62. The lowest BCUT2D eigenvalue weighted by molar-refractivity contribution is 0.215.